The van der Waals surface area contributed by atoms with E-state index in [9.17, 15) is 9.59 Å². The normalized spacial score (nSPS) is 13.9. The Balaban J connectivity index is 4.50. The molecule has 0 heterocycles. The topological polar surface area (TPSA) is 75.6 Å². The van der Waals surface area contributed by atoms with Crippen LogP contribution in [0.15, 0.2) is 12.7 Å². The highest BCUT2D eigenvalue weighted by atomic mass is 16.5. The van der Waals surface area contributed by atoms with E-state index in [4.69, 9.17) is 5.11 Å². The van der Waals surface area contributed by atoms with Gasteiger partial charge in [0.05, 0.1) is 7.11 Å². The molecule has 0 aliphatic rings. The largest absolute Gasteiger partial charge is 0.480 e. The number of hydrogen-bond donors (Lipinski definition) is 2. The maximum Gasteiger partial charge on any atom is 0.407 e. The second-order valence-electron chi connectivity index (χ2n) is 2.76. The molecule has 0 saturated heterocycles. The molecule has 0 saturated carbocycles. The fourth-order valence-corrected chi connectivity index (χ4v) is 1.08. The van der Waals surface area contributed by atoms with Gasteiger partial charge in [-0.1, -0.05) is 13.0 Å². The van der Waals surface area contributed by atoms with E-state index in [-0.39, 0.29) is 5.92 Å². The first kappa shape index (κ1) is 12.5. The number of rotatable bonds is 5. The fraction of sp³-hybridized carbons (Fsp3) is 0.556. The summed E-state index contributed by atoms with van der Waals surface area (Å²) in [5.41, 5.74) is 0. The first-order valence-electron chi connectivity index (χ1n) is 4.26. The summed E-state index contributed by atoms with van der Waals surface area (Å²) >= 11 is 0. The molecular weight excluding hydrogens is 186 g/mol. The lowest BCUT2D eigenvalue weighted by atomic mass is 9.97. The van der Waals surface area contributed by atoms with Crippen molar-refractivity contribution < 1.29 is 19.4 Å². The van der Waals surface area contributed by atoms with E-state index in [1.807, 2.05) is 6.92 Å². The zero-order valence-electron chi connectivity index (χ0n) is 8.32. The summed E-state index contributed by atoms with van der Waals surface area (Å²) in [6, 6.07) is -0.982. The Labute approximate surface area is 82.7 Å². The molecule has 0 aliphatic heterocycles. The summed E-state index contributed by atoms with van der Waals surface area (Å²) in [5, 5.41) is 11.1. The lowest BCUT2D eigenvalue weighted by Crippen LogP contribution is -2.45. The summed E-state index contributed by atoms with van der Waals surface area (Å²) in [5.74, 6) is -1.39. The van der Waals surface area contributed by atoms with Crippen LogP contribution in [-0.4, -0.2) is 30.3 Å². The second-order valence-corrected chi connectivity index (χ2v) is 2.76. The SMILES string of the molecule is C=C[C@H](CC)[C@H](NC(=O)OC)C(=O)O. The molecule has 0 rings (SSSR count). The highest BCUT2D eigenvalue weighted by Gasteiger charge is 2.26. The van der Waals surface area contributed by atoms with Crippen LogP contribution in [-0.2, 0) is 9.53 Å². The van der Waals surface area contributed by atoms with Crippen LogP contribution in [0.4, 0.5) is 4.79 Å². The van der Waals surface area contributed by atoms with E-state index in [1.165, 1.54) is 13.2 Å². The summed E-state index contributed by atoms with van der Waals surface area (Å²) in [6.07, 6.45) is 1.34. The number of amides is 1. The second kappa shape index (κ2) is 6.01. The molecule has 5 heteroatoms. The minimum absolute atomic E-state index is 0.299. The Hall–Kier alpha value is -1.52. The van der Waals surface area contributed by atoms with Crippen LogP contribution in [0.5, 0.6) is 0 Å². The maximum atomic E-state index is 10.8. The molecule has 1 amide bonds. The van der Waals surface area contributed by atoms with Crippen LogP contribution < -0.4 is 5.32 Å². The molecule has 0 radical (unpaired) electrons. The number of carbonyl (C=O) groups is 2. The minimum Gasteiger partial charge on any atom is -0.480 e. The highest BCUT2D eigenvalue weighted by molar-refractivity contribution is 5.80. The van der Waals surface area contributed by atoms with Crippen molar-refractivity contribution in [1.29, 1.82) is 0 Å². The van der Waals surface area contributed by atoms with E-state index in [1.54, 1.807) is 0 Å². The number of carboxylic acid groups (broad SMARTS) is 1. The van der Waals surface area contributed by atoms with Gasteiger partial charge >= 0.3 is 12.1 Å². The Morgan fingerprint density at radius 1 is 1.64 bits per heavy atom. The van der Waals surface area contributed by atoms with Crippen LogP contribution in [0.2, 0.25) is 0 Å². The number of aliphatic carboxylic acids is 1. The lowest BCUT2D eigenvalue weighted by Gasteiger charge is -2.19. The monoisotopic (exact) mass is 201 g/mol. The number of carboxylic acids is 1. The standard InChI is InChI=1S/C9H15NO4/c1-4-6(5-2)7(8(11)12)10-9(13)14-3/h4,6-7H,1,5H2,2-3H3,(H,10,13)(H,11,12)/t6-,7+/m1/s1. The van der Waals surface area contributed by atoms with Crippen LogP contribution in [0.25, 0.3) is 0 Å². The first-order valence-corrected chi connectivity index (χ1v) is 4.26. The third kappa shape index (κ3) is 3.47. The summed E-state index contributed by atoms with van der Waals surface area (Å²) in [6.45, 7) is 5.33. The molecule has 0 aromatic carbocycles. The molecule has 0 fully saturated rings. The van der Waals surface area contributed by atoms with Gasteiger partial charge in [0.25, 0.3) is 0 Å². The van der Waals surface area contributed by atoms with Crippen molar-refractivity contribution in [3.63, 3.8) is 0 Å². The Kier molecular flexibility index (Phi) is 5.36. The quantitative estimate of drug-likeness (QED) is 0.651. The van der Waals surface area contributed by atoms with E-state index < -0.39 is 18.1 Å². The van der Waals surface area contributed by atoms with Crippen molar-refractivity contribution in [2.45, 2.75) is 19.4 Å². The molecule has 2 atom stereocenters. The Morgan fingerprint density at radius 2 is 2.21 bits per heavy atom. The third-order valence-corrected chi connectivity index (χ3v) is 1.93. The third-order valence-electron chi connectivity index (χ3n) is 1.93. The number of alkyl carbamates (subject to hydrolysis) is 1. The Morgan fingerprint density at radius 3 is 2.50 bits per heavy atom. The van der Waals surface area contributed by atoms with Crippen molar-refractivity contribution >= 4 is 12.1 Å². The van der Waals surface area contributed by atoms with Gasteiger partial charge in [-0.15, -0.1) is 6.58 Å². The van der Waals surface area contributed by atoms with Gasteiger partial charge < -0.3 is 15.2 Å². The predicted octanol–water partition coefficient (Wildman–Crippen LogP) is 1.01. The van der Waals surface area contributed by atoms with Gasteiger partial charge in [-0.25, -0.2) is 9.59 Å². The molecular formula is C9H15NO4. The molecule has 5 nitrogen and oxygen atoms in total. The first-order chi connectivity index (χ1) is 6.56. The van der Waals surface area contributed by atoms with Crippen molar-refractivity contribution in [3.05, 3.63) is 12.7 Å². The van der Waals surface area contributed by atoms with Crippen LogP contribution in [0, 0.1) is 5.92 Å². The van der Waals surface area contributed by atoms with Gasteiger partial charge in [0.2, 0.25) is 0 Å². The van der Waals surface area contributed by atoms with Gasteiger partial charge in [-0.3, -0.25) is 0 Å². The van der Waals surface area contributed by atoms with Crippen LogP contribution >= 0.6 is 0 Å². The number of carbonyl (C=O) groups excluding carboxylic acids is 1. The number of nitrogens with one attached hydrogen (secondary N) is 1. The fourth-order valence-electron chi connectivity index (χ4n) is 1.08. The van der Waals surface area contributed by atoms with Crippen LogP contribution in [0.3, 0.4) is 0 Å². The smallest absolute Gasteiger partial charge is 0.407 e. The predicted molar refractivity (Wildman–Crippen MR) is 50.9 cm³/mol. The molecule has 0 aromatic heterocycles. The molecule has 0 spiro atoms. The molecule has 0 unspecified atom stereocenters. The minimum atomic E-state index is -1.10. The van der Waals surface area contributed by atoms with E-state index in [0.717, 1.165) is 0 Å². The van der Waals surface area contributed by atoms with E-state index >= 15 is 0 Å². The highest BCUT2D eigenvalue weighted by Crippen LogP contribution is 2.10. The van der Waals surface area contributed by atoms with Crippen molar-refractivity contribution in [3.8, 4) is 0 Å². The van der Waals surface area contributed by atoms with E-state index in [2.05, 4.69) is 16.6 Å². The van der Waals surface area contributed by atoms with Gasteiger partial charge in [0.15, 0.2) is 0 Å². The summed E-state index contributed by atoms with van der Waals surface area (Å²) < 4.78 is 4.32. The zero-order chi connectivity index (χ0) is 11.1. The van der Waals surface area contributed by atoms with Crippen LogP contribution in [0.1, 0.15) is 13.3 Å². The molecule has 0 bridgehead atoms. The molecule has 2 N–H and O–H groups in total. The summed E-state index contributed by atoms with van der Waals surface area (Å²) in [7, 11) is 1.18. The average Bonchev–Trinajstić information content (AvgIpc) is 2.17. The lowest BCUT2D eigenvalue weighted by molar-refractivity contribution is -0.140. The number of ether oxygens (including phenoxy) is 1. The van der Waals surface area contributed by atoms with Gasteiger partial charge in [0, 0.05) is 5.92 Å². The molecule has 80 valence electrons. The van der Waals surface area contributed by atoms with Gasteiger partial charge in [0.1, 0.15) is 6.04 Å². The van der Waals surface area contributed by atoms with Crippen molar-refractivity contribution in [2.75, 3.05) is 7.11 Å². The van der Waals surface area contributed by atoms with Gasteiger partial charge in [-0.2, -0.15) is 0 Å². The van der Waals surface area contributed by atoms with Gasteiger partial charge in [-0.05, 0) is 6.42 Å². The molecule has 0 aromatic rings. The average molecular weight is 201 g/mol. The summed E-state index contributed by atoms with van der Waals surface area (Å²) in [4.78, 5) is 21.6. The Bertz CT molecular complexity index is 227. The van der Waals surface area contributed by atoms with E-state index in [0.29, 0.717) is 6.42 Å². The number of hydrogen-bond acceptors (Lipinski definition) is 3. The molecule has 14 heavy (non-hydrogen) atoms. The zero-order valence-corrected chi connectivity index (χ0v) is 8.32. The van der Waals surface area contributed by atoms with Crippen molar-refractivity contribution in [1.82, 2.24) is 5.32 Å². The maximum absolute atomic E-state index is 10.8. The number of methoxy groups -OCH3 is 1. The molecule has 0 aliphatic carbocycles. The van der Waals surface area contributed by atoms with Crippen molar-refractivity contribution in [2.24, 2.45) is 5.92 Å².